The smallest absolute Gasteiger partial charge is 0.228 e. The summed E-state index contributed by atoms with van der Waals surface area (Å²) in [6.45, 7) is 0.539. The van der Waals surface area contributed by atoms with E-state index in [4.69, 9.17) is 26.3 Å². The Morgan fingerprint density at radius 2 is 2.03 bits per heavy atom. The molecule has 2 aromatic heterocycles. The van der Waals surface area contributed by atoms with Crippen molar-refractivity contribution in [1.29, 1.82) is 0 Å². The lowest BCUT2D eigenvalue weighted by molar-refractivity contribution is 0.0683. The summed E-state index contributed by atoms with van der Waals surface area (Å²) in [7, 11) is 5.41. The molecule has 1 saturated carbocycles. The molecule has 7 nitrogen and oxygen atoms in total. The maximum atomic E-state index is 10.4. The molecule has 0 radical (unpaired) electrons. The number of benzene rings is 1. The molecule has 2 N–H and O–H groups in total. The summed E-state index contributed by atoms with van der Waals surface area (Å²) in [4.78, 5) is 15.7. The normalized spacial score (nSPS) is 21.6. The van der Waals surface area contributed by atoms with E-state index in [2.05, 4.69) is 10.3 Å². The molecule has 29 heavy (non-hydrogen) atoms. The van der Waals surface area contributed by atoms with Crippen LogP contribution in [0, 0.1) is 5.92 Å². The number of hydrogen-bond acceptors (Lipinski definition) is 8. The minimum atomic E-state index is -0.399. The second-order valence-electron chi connectivity index (χ2n) is 7.51. The van der Waals surface area contributed by atoms with Crippen molar-refractivity contribution >= 4 is 44.9 Å². The lowest BCUT2D eigenvalue weighted by atomic mass is 10.1. The van der Waals surface area contributed by atoms with E-state index in [1.807, 2.05) is 43.3 Å². The second-order valence-corrected chi connectivity index (χ2v) is 8.90. The van der Waals surface area contributed by atoms with Crippen LogP contribution in [0.3, 0.4) is 0 Å². The van der Waals surface area contributed by atoms with Crippen molar-refractivity contribution < 1.29 is 9.84 Å². The minimum Gasteiger partial charge on any atom is -0.393 e. The Morgan fingerprint density at radius 3 is 2.76 bits per heavy atom. The van der Waals surface area contributed by atoms with E-state index in [9.17, 15) is 5.11 Å². The Balaban J connectivity index is 1.73. The minimum absolute atomic E-state index is 0.0688. The Labute approximate surface area is 178 Å². The number of aliphatic hydroxyl groups is 1. The van der Waals surface area contributed by atoms with E-state index in [0.29, 0.717) is 35.5 Å². The van der Waals surface area contributed by atoms with Crippen LogP contribution in [0.2, 0.25) is 5.15 Å². The summed E-state index contributed by atoms with van der Waals surface area (Å²) in [6.07, 6.45) is 1.03. The molecule has 4 rings (SSSR count). The largest absolute Gasteiger partial charge is 0.393 e. The van der Waals surface area contributed by atoms with Crippen LogP contribution in [-0.4, -0.2) is 60.0 Å². The molecule has 0 saturated heterocycles. The van der Waals surface area contributed by atoms with Gasteiger partial charge in [0.15, 0.2) is 0 Å². The van der Waals surface area contributed by atoms with Crippen LogP contribution in [0.15, 0.2) is 24.3 Å². The molecule has 3 atom stereocenters. The third-order valence-corrected chi connectivity index (χ3v) is 6.47. The van der Waals surface area contributed by atoms with E-state index in [1.165, 1.54) is 0 Å². The molecule has 0 amide bonds. The van der Waals surface area contributed by atoms with Gasteiger partial charge in [-0.2, -0.15) is 4.98 Å². The highest BCUT2D eigenvalue weighted by Gasteiger charge is 2.34. The van der Waals surface area contributed by atoms with Gasteiger partial charge in [-0.25, -0.2) is 9.97 Å². The van der Waals surface area contributed by atoms with E-state index in [1.54, 1.807) is 18.4 Å². The number of fused-ring (bicyclic) bond motifs is 1. The molecule has 0 spiro atoms. The lowest BCUT2D eigenvalue weighted by Gasteiger charge is -2.19. The van der Waals surface area contributed by atoms with Gasteiger partial charge in [-0.1, -0.05) is 23.7 Å². The number of halogens is 1. The van der Waals surface area contributed by atoms with Gasteiger partial charge < -0.3 is 20.1 Å². The van der Waals surface area contributed by atoms with Gasteiger partial charge in [0.05, 0.1) is 28.5 Å². The van der Waals surface area contributed by atoms with Crippen LogP contribution >= 0.6 is 22.9 Å². The lowest BCUT2D eigenvalue weighted by Crippen LogP contribution is -2.20. The van der Waals surface area contributed by atoms with Crippen LogP contribution in [0.5, 0.6) is 0 Å². The fourth-order valence-corrected chi connectivity index (χ4v) is 5.03. The number of hydrogen-bond donors (Lipinski definition) is 2. The number of para-hydroxylation sites is 1. The first-order valence-electron chi connectivity index (χ1n) is 9.50. The molecule has 0 bridgehead atoms. The van der Waals surface area contributed by atoms with Crippen molar-refractivity contribution in [2.75, 3.05) is 38.0 Å². The molecular weight excluding hydrogens is 410 g/mol. The number of thiazole rings is 1. The van der Waals surface area contributed by atoms with Crippen LogP contribution in [0.25, 0.3) is 20.8 Å². The van der Waals surface area contributed by atoms with E-state index in [-0.39, 0.29) is 12.0 Å². The maximum Gasteiger partial charge on any atom is 0.228 e. The van der Waals surface area contributed by atoms with Crippen LogP contribution < -0.4 is 10.2 Å². The van der Waals surface area contributed by atoms with Crippen molar-refractivity contribution in [2.24, 2.45) is 5.92 Å². The number of rotatable bonds is 6. The summed E-state index contributed by atoms with van der Waals surface area (Å²) in [5, 5.41) is 15.0. The van der Waals surface area contributed by atoms with Crippen LogP contribution in [0.4, 0.5) is 11.8 Å². The third-order valence-electron chi connectivity index (χ3n) is 5.14. The SMILES string of the molecule is COC[C@H]1C[C@@H](Nc2nc(N(C)C)nc(Cl)c2-c2nc3ccccc3s2)C[C@@H]1O. The number of aromatic nitrogens is 3. The van der Waals surface area contributed by atoms with Gasteiger partial charge >= 0.3 is 0 Å². The zero-order valence-electron chi connectivity index (χ0n) is 16.6. The zero-order chi connectivity index (χ0) is 20.5. The average Bonchev–Trinajstić information content (AvgIpc) is 3.24. The highest BCUT2D eigenvalue weighted by molar-refractivity contribution is 7.21. The Kier molecular flexibility index (Phi) is 5.87. The predicted octanol–water partition coefficient (Wildman–Crippen LogP) is 3.67. The van der Waals surface area contributed by atoms with Crippen molar-refractivity contribution in [2.45, 2.75) is 25.0 Å². The van der Waals surface area contributed by atoms with Gasteiger partial charge in [-0.05, 0) is 25.0 Å². The average molecular weight is 434 g/mol. The standard InChI is InChI=1S/C20H24ClN5O2S/c1-26(2)20-24-17(21)16(19-23-13-6-4-5-7-15(13)29-19)18(25-20)22-12-8-11(10-28-3)14(27)9-12/h4-7,11-12,14,27H,8-10H2,1-3H3,(H,22,24,25)/t11-,12-,14+/m1/s1. The molecule has 1 fully saturated rings. The fraction of sp³-hybridized carbons (Fsp3) is 0.450. The number of nitrogens with zero attached hydrogens (tertiary/aromatic N) is 4. The third kappa shape index (κ3) is 4.16. The maximum absolute atomic E-state index is 10.4. The van der Waals surface area contributed by atoms with Crippen molar-refractivity contribution in [3.8, 4) is 10.6 Å². The molecule has 0 unspecified atom stereocenters. The number of methoxy groups -OCH3 is 1. The molecule has 1 aliphatic rings. The Hall–Kier alpha value is -2.00. The number of anilines is 2. The van der Waals surface area contributed by atoms with Crippen molar-refractivity contribution in [1.82, 2.24) is 15.0 Å². The van der Waals surface area contributed by atoms with Crippen LogP contribution in [-0.2, 0) is 4.74 Å². The first kappa shape index (κ1) is 20.3. The zero-order valence-corrected chi connectivity index (χ0v) is 18.2. The quantitative estimate of drug-likeness (QED) is 0.574. The molecule has 2 heterocycles. The first-order chi connectivity index (χ1) is 14.0. The van der Waals surface area contributed by atoms with Gasteiger partial charge in [0.25, 0.3) is 0 Å². The topological polar surface area (TPSA) is 83.4 Å². The van der Waals surface area contributed by atoms with Crippen molar-refractivity contribution in [3.63, 3.8) is 0 Å². The highest BCUT2D eigenvalue weighted by atomic mass is 35.5. The monoisotopic (exact) mass is 433 g/mol. The number of ether oxygens (including phenoxy) is 1. The van der Waals surface area contributed by atoms with Gasteiger partial charge in [-0.3, -0.25) is 0 Å². The highest BCUT2D eigenvalue weighted by Crippen LogP contribution is 2.40. The van der Waals surface area contributed by atoms with Gasteiger partial charge in [-0.15, -0.1) is 11.3 Å². The molecule has 0 aliphatic heterocycles. The van der Waals surface area contributed by atoms with Crippen LogP contribution in [0.1, 0.15) is 12.8 Å². The molecule has 1 aliphatic carbocycles. The molecular formula is C20H24ClN5O2S. The van der Waals surface area contributed by atoms with Gasteiger partial charge in [0, 0.05) is 33.2 Å². The number of nitrogens with one attached hydrogen (secondary N) is 1. The van der Waals surface area contributed by atoms with Crippen molar-refractivity contribution in [3.05, 3.63) is 29.4 Å². The first-order valence-corrected chi connectivity index (χ1v) is 10.7. The second kappa shape index (κ2) is 8.39. The summed E-state index contributed by atoms with van der Waals surface area (Å²) in [5.74, 6) is 1.27. The Morgan fingerprint density at radius 1 is 1.24 bits per heavy atom. The van der Waals surface area contributed by atoms with E-state index in [0.717, 1.165) is 21.6 Å². The van der Waals surface area contributed by atoms with E-state index < -0.39 is 6.10 Å². The van der Waals surface area contributed by atoms with Gasteiger partial charge in [0.1, 0.15) is 16.0 Å². The summed E-state index contributed by atoms with van der Waals surface area (Å²) in [6, 6.07) is 8.04. The molecule has 154 valence electrons. The summed E-state index contributed by atoms with van der Waals surface area (Å²) < 4.78 is 6.32. The molecule has 9 heteroatoms. The molecule has 3 aromatic rings. The van der Waals surface area contributed by atoms with E-state index >= 15 is 0 Å². The number of aliphatic hydroxyl groups excluding tert-OH is 1. The fourth-order valence-electron chi connectivity index (χ4n) is 3.70. The predicted molar refractivity (Wildman–Crippen MR) is 118 cm³/mol. The Bertz CT molecular complexity index is 979. The van der Waals surface area contributed by atoms with Gasteiger partial charge in [0.2, 0.25) is 5.95 Å². The molecule has 1 aromatic carbocycles. The summed E-state index contributed by atoms with van der Waals surface area (Å²) >= 11 is 8.17. The summed E-state index contributed by atoms with van der Waals surface area (Å²) in [5.41, 5.74) is 1.62.